The number of piperidine rings is 1. The van der Waals surface area contributed by atoms with Crippen molar-refractivity contribution in [2.24, 2.45) is 7.05 Å². The van der Waals surface area contributed by atoms with Gasteiger partial charge < -0.3 is 19.7 Å². The SMILES string of the molecule is COCC(=O)N1CCC(Oc2ccc(C(=O)NCc3cnn(C)c3C)cc2)CC1. The number of rotatable bonds is 7. The van der Waals surface area contributed by atoms with Crippen LogP contribution >= 0.6 is 0 Å². The number of hydrogen-bond acceptors (Lipinski definition) is 5. The third-order valence-electron chi connectivity index (χ3n) is 5.26. The Balaban J connectivity index is 1.47. The number of carbonyl (C=O) groups is 2. The number of aryl methyl sites for hydroxylation is 1. The highest BCUT2D eigenvalue weighted by Gasteiger charge is 2.23. The number of nitrogens with one attached hydrogen (secondary N) is 1. The summed E-state index contributed by atoms with van der Waals surface area (Å²) in [5.41, 5.74) is 2.61. The molecule has 0 saturated carbocycles. The van der Waals surface area contributed by atoms with Crippen molar-refractivity contribution in [3.8, 4) is 5.75 Å². The Bertz CT molecular complexity index is 839. The van der Waals surface area contributed by atoms with Gasteiger partial charge in [-0.25, -0.2) is 0 Å². The van der Waals surface area contributed by atoms with Crippen LogP contribution in [0.1, 0.15) is 34.5 Å². The molecule has 0 aliphatic carbocycles. The van der Waals surface area contributed by atoms with Gasteiger partial charge in [0.15, 0.2) is 0 Å². The van der Waals surface area contributed by atoms with E-state index in [1.165, 1.54) is 7.11 Å². The Morgan fingerprint density at radius 2 is 1.90 bits per heavy atom. The number of carbonyl (C=O) groups excluding carboxylic acids is 2. The van der Waals surface area contributed by atoms with E-state index >= 15 is 0 Å². The van der Waals surface area contributed by atoms with Crippen LogP contribution < -0.4 is 10.1 Å². The Labute approximate surface area is 170 Å². The monoisotopic (exact) mass is 400 g/mol. The summed E-state index contributed by atoms with van der Waals surface area (Å²) >= 11 is 0. The van der Waals surface area contributed by atoms with Gasteiger partial charge in [-0.15, -0.1) is 0 Å². The molecule has 0 atom stereocenters. The van der Waals surface area contributed by atoms with Gasteiger partial charge in [0.25, 0.3) is 5.91 Å². The van der Waals surface area contributed by atoms with Gasteiger partial charge >= 0.3 is 0 Å². The third kappa shape index (κ3) is 5.35. The standard InChI is InChI=1S/C21H28N4O4/c1-15-17(13-23-24(15)2)12-22-21(27)16-4-6-18(7-5-16)29-19-8-10-25(11-9-19)20(26)14-28-3/h4-7,13,19H,8-12,14H2,1-3H3,(H,22,27). The summed E-state index contributed by atoms with van der Waals surface area (Å²) in [4.78, 5) is 26.0. The molecule has 29 heavy (non-hydrogen) atoms. The maximum Gasteiger partial charge on any atom is 0.251 e. The Hall–Kier alpha value is -2.87. The van der Waals surface area contributed by atoms with Gasteiger partial charge in [0.05, 0.1) is 6.20 Å². The Morgan fingerprint density at radius 1 is 1.21 bits per heavy atom. The molecule has 1 saturated heterocycles. The van der Waals surface area contributed by atoms with Crippen molar-refractivity contribution >= 4 is 11.8 Å². The summed E-state index contributed by atoms with van der Waals surface area (Å²) in [5.74, 6) is 0.610. The minimum atomic E-state index is -0.134. The van der Waals surface area contributed by atoms with Gasteiger partial charge in [0.2, 0.25) is 5.91 Å². The number of ether oxygens (including phenoxy) is 2. The second-order valence-corrected chi connectivity index (χ2v) is 7.22. The van der Waals surface area contributed by atoms with E-state index in [-0.39, 0.29) is 24.5 Å². The zero-order chi connectivity index (χ0) is 20.8. The van der Waals surface area contributed by atoms with Crippen LogP contribution in [0.25, 0.3) is 0 Å². The fraction of sp³-hybridized carbons (Fsp3) is 0.476. The molecule has 2 amide bonds. The molecule has 1 aliphatic heterocycles. The highest BCUT2D eigenvalue weighted by molar-refractivity contribution is 5.94. The van der Waals surface area contributed by atoms with Crippen LogP contribution in [0.3, 0.4) is 0 Å². The van der Waals surface area contributed by atoms with Gasteiger partial charge in [-0.2, -0.15) is 5.10 Å². The quantitative estimate of drug-likeness (QED) is 0.764. The fourth-order valence-electron chi connectivity index (χ4n) is 3.31. The lowest BCUT2D eigenvalue weighted by Crippen LogP contribution is -2.43. The Kier molecular flexibility index (Phi) is 6.87. The molecule has 2 heterocycles. The first-order chi connectivity index (χ1) is 14.0. The van der Waals surface area contributed by atoms with Crippen LogP contribution in [0.15, 0.2) is 30.5 Å². The Morgan fingerprint density at radius 3 is 2.48 bits per heavy atom. The molecule has 1 aliphatic rings. The second kappa shape index (κ2) is 9.56. The van der Waals surface area contributed by atoms with Crippen molar-refractivity contribution in [2.75, 3.05) is 26.8 Å². The predicted octanol–water partition coefficient (Wildman–Crippen LogP) is 1.67. The van der Waals surface area contributed by atoms with Crippen molar-refractivity contribution in [1.29, 1.82) is 0 Å². The summed E-state index contributed by atoms with van der Waals surface area (Å²) in [5, 5.41) is 7.09. The van der Waals surface area contributed by atoms with Crippen LogP contribution in [0.5, 0.6) is 5.75 Å². The number of hydrogen-bond donors (Lipinski definition) is 1. The van der Waals surface area contributed by atoms with Crippen LogP contribution in [-0.2, 0) is 23.1 Å². The predicted molar refractivity (Wildman–Crippen MR) is 108 cm³/mol. The molecule has 0 unspecified atom stereocenters. The normalized spacial score (nSPS) is 14.7. The van der Waals surface area contributed by atoms with E-state index < -0.39 is 0 Å². The summed E-state index contributed by atoms with van der Waals surface area (Å²) in [6.07, 6.45) is 3.39. The highest BCUT2D eigenvalue weighted by atomic mass is 16.5. The molecule has 0 bridgehead atoms. The summed E-state index contributed by atoms with van der Waals surface area (Å²) in [7, 11) is 3.40. The van der Waals surface area contributed by atoms with E-state index in [4.69, 9.17) is 9.47 Å². The third-order valence-corrected chi connectivity index (χ3v) is 5.26. The number of amides is 2. The van der Waals surface area contributed by atoms with Gasteiger partial charge in [-0.1, -0.05) is 0 Å². The van der Waals surface area contributed by atoms with Crippen LogP contribution in [0.4, 0.5) is 0 Å². The van der Waals surface area contributed by atoms with Gasteiger partial charge in [-0.05, 0) is 31.2 Å². The summed E-state index contributed by atoms with van der Waals surface area (Å²) in [6, 6.07) is 7.15. The molecule has 2 aromatic rings. The molecule has 1 aromatic carbocycles. The molecular formula is C21H28N4O4. The average Bonchev–Trinajstić information content (AvgIpc) is 3.05. The van der Waals surface area contributed by atoms with Gasteiger partial charge in [-0.3, -0.25) is 14.3 Å². The number of methoxy groups -OCH3 is 1. The van der Waals surface area contributed by atoms with Crippen molar-refractivity contribution < 1.29 is 19.1 Å². The summed E-state index contributed by atoms with van der Waals surface area (Å²) in [6.45, 7) is 3.87. The number of nitrogens with zero attached hydrogens (tertiary/aromatic N) is 3. The van der Waals surface area contributed by atoms with E-state index in [0.29, 0.717) is 25.2 Å². The maximum absolute atomic E-state index is 12.4. The van der Waals surface area contributed by atoms with E-state index in [1.807, 2.05) is 26.1 Å². The molecule has 1 N–H and O–H groups in total. The van der Waals surface area contributed by atoms with E-state index in [9.17, 15) is 9.59 Å². The molecule has 8 nitrogen and oxygen atoms in total. The molecule has 156 valence electrons. The van der Waals surface area contributed by atoms with Crippen molar-refractivity contribution in [1.82, 2.24) is 20.0 Å². The van der Waals surface area contributed by atoms with E-state index in [2.05, 4.69) is 10.4 Å². The average molecular weight is 400 g/mol. The first kappa shape index (κ1) is 20.9. The van der Waals surface area contributed by atoms with E-state index in [0.717, 1.165) is 29.8 Å². The minimum Gasteiger partial charge on any atom is -0.490 e. The molecule has 0 spiro atoms. The number of likely N-dealkylation sites (tertiary alicyclic amines) is 1. The minimum absolute atomic E-state index is 0.0165. The molecule has 1 aromatic heterocycles. The lowest BCUT2D eigenvalue weighted by Gasteiger charge is -2.32. The zero-order valence-corrected chi connectivity index (χ0v) is 17.2. The number of benzene rings is 1. The molecule has 8 heteroatoms. The highest BCUT2D eigenvalue weighted by Crippen LogP contribution is 2.20. The molecular weight excluding hydrogens is 372 g/mol. The lowest BCUT2D eigenvalue weighted by molar-refractivity contribution is -0.136. The van der Waals surface area contributed by atoms with Crippen LogP contribution in [-0.4, -0.2) is 59.4 Å². The zero-order valence-electron chi connectivity index (χ0n) is 17.2. The first-order valence-electron chi connectivity index (χ1n) is 9.77. The smallest absolute Gasteiger partial charge is 0.251 e. The fourth-order valence-corrected chi connectivity index (χ4v) is 3.31. The molecule has 1 fully saturated rings. The molecule has 0 radical (unpaired) electrons. The molecule has 3 rings (SSSR count). The van der Waals surface area contributed by atoms with E-state index in [1.54, 1.807) is 27.9 Å². The van der Waals surface area contributed by atoms with Crippen LogP contribution in [0, 0.1) is 6.92 Å². The topological polar surface area (TPSA) is 85.7 Å². The van der Waals surface area contributed by atoms with Crippen molar-refractivity contribution in [3.05, 3.63) is 47.3 Å². The van der Waals surface area contributed by atoms with Crippen molar-refractivity contribution in [2.45, 2.75) is 32.4 Å². The largest absolute Gasteiger partial charge is 0.490 e. The van der Waals surface area contributed by atoms with Gasteiger partial charge in [0, 0.05) is 63.5 Å². The number of aromatic nitrogens is 2. The van der Waals surface area contributed by atoms with Crippen molar-refractivity contribution in [3.63, 3.8) is 0 Å². The lowest BCUT2D eigenvalue weighted by atomic mass is 10.1. The second-order valence-electron chi connectivity index (χ2n) is 7.22. The van der Waals surface area contributed by atoms with Crippen LogP contribution in [0.2, 0.25) is 0 Å². The van der Waals surface area contributed by atoms with Gasteiger partial charge in [0.1, 0.15) is 18.5 Å². The first-order valence-corrected chi connectivity index (χ1v) is 9.77. The maximum atomic E-state index is 12.4. The summed E-state index contributed by atoms with van der Waals surface area (Å²) < 4.78 is 12.7.